The second kappa shape index (κ2) is 8.93. The van der Waals surface area contributed by atoms with E-state index in [0.717, 1.165) is 24.9 Å². The quantitative estimate of drug-likeness (QED) is 0.715. The van der Waals surface area contributed by atoms with E-state index < -0.39 is 15.9 Å². The SMILES string of the molecule is Cc1sc(N(CCC2CCCC2)c2ccc(C#N)cc2)nc1C(=O)NS(C)(=O)=O. The first-order valence-electron chi connectivity index (χ1n) is 9.54. The van der Waals surface area contributed by atoms with Crippen molar-refractivity contribution >= 4 is 38.1 Å². The van der Waals surface area contributed by atoms with Crippen molar-refractivity contribution in [3.63, 3.8) is 0 Å². The fourth-order valence-corrected chi connectivity index (χ4v) is 4.97. The van der Waals surface area contributed by atoms with Gasteiger partial charge in [0.25, 0.3) is 5.91 Å². The summed E-state index contributed by atoms with van der Waals surface area (Å²) in [6, 6.07) is 9.39. The van der Waals surface area contributed by atoms with E-state index in [4.69, 9.17) is 5.26 Å². The summed E-state index contributed by atoms with van der Waals surface area (Å²) in [6.45, 7) is 2.50. The van der Waals surface area contributed by atoms with Crippen molar-refractivity contribution in [1.29, 1.82) is 5.26 Å². The van der Waals surface area contributed by atoms with Crippen LogP contribution in [0.25, 0.3) is 0 Å². The largest absolute Gasteiger partial charge is 0.318 e. The number of rotatable bonds is 7. The third-order valence-electron chi connectivity index (χ3n) is 5.05. The van der Waals surface area contributed by atoms with Crippen LogP contribution in [0, 0.1) is 24.2 Å². The minimum atomic E-state index is -3.66. The molecule has 154 valence electrons. The van der Waals surface area contributed by atoms with Gasteiger partial charge in [0.15, 0.2) is 5.13 Å². The Morgan fingerprint density at radius 3 is 2.55 bits per heavy atom. The van der Waals surface area contributed by atoms with Crippen molar-refractivity contribution in [2.24, 2.45) is 5.92 Å². The lowest BCUT2D eigenvalue weighted by Gasteiger charge is -2.23. The number of amides is 1. The highest BCUT2D eigenvalue weighted by Gasteiger charge is 2.23. The highest BCUT2D eigenvalue weighted by molar-refractivity contribution is 7.89. The fraction of sp³-hybridized carbons (Fsp3) is 0.450. The number of nitrogens with one attached hydrogen (secondary N) is 1. The van der Waals surface area contributed by atoms with Gasteiger partial charge in [0.2, 0.25) is 10.0 Å². The van der Waals surface area contributed by atoms with Gasteiger partial charge in [0, 0.05) is 17.1 Å². The number of hydrogen-bond donors (Lipinski definition) is 1. The number of nitrogens with zero attached hydrogens (tertiary/aromatic N) is 3. The van der Waals surface area contributed by atoms with Crippen LogP contribution in [0.3, 0.4) is 0 Å². The Morgan fingerprint density at radius 2 is 1.97 bits per heavy atom. The molecule has 1 N–H and O–H groups in total. The van der Waals surface area contributed by atoms with Crippen molar-refractivity contribution in [1.82, 2.24) is 9.71 Å². The Hall–Kier alpha value is -2.44. The molecule has 1 saturated carbocycles. The first-order valence-corrected chi connectivity index (χ1v) is 12.2. The molecule has 0 aliphatic heterocycles. The Labute approximate surface area is 175 Å². The summed E-state index contributed by atoms with van der Waals surface area (Å²) in [4.78, 5) is 19.5. The molecule has 1 aliphatic carbocycles. The average Bonchev–Trinajstić information content (AvgIpc) is 3.31. The van der Waals surface area contributed by atoms with Gasteiger partial charge in [-0.3, -0.25) is 4.79 Å². The van der Waals surface area contributed by atoms with Crippen molar-refractivity contribution < 1.29 is 13.2 Å². The molecule has 1 aliphatic rings. The van der Waals surface area contributed by atoms with Gasteiger partial charge < -0.3 is 4.90 Å². The molecule has 0 saturated heterocycles. The van der Waals surface area contributed by atoms with E-state index in [9.17, 15) is 13.2 Å². The van der Waals surface area contributed by atoms with Gasteiger partial charge in [0.1, 0.15) is 5.69 Å². The summed E-state index contributed by atoms with van der Waals surface area (Å²) < 4.78 is 24.8. The summed E-state index contributed by atoms with van der Waals surface area (Å²) >= 11 is 1.36. The minimum absolute atomic E-state index is 0.120. The van der Waals surface area contributed by atoms with Gasteiger partial charge in [-0.25, -0.2) is 18.1 Å². The topological polar surface area (TPSA) is 103 Å². The van der Waals surface area contributed by atoms with Crippen molar-refractivity contribution in [2.45, 2.75) is 39.0 Å². The van der Waals surface area contributed by atoms with Crippen molar-refractivity contribution in [3.8, 4) is 6.07 Å². The maximum absolute atomic E-state index is 12.3. The number of thiazole rings is 1. The van der Waals surface area contributed by atoms with Gasteiger partial charge in [-0.2, -0.15) is 5.26 Å². The van der Waals surface area contributed by atoms with Crippen LogP contribution in [0.1, 0.15) is 53.0 Å². The standard InChI is InChI=1S/C20H24N4O3S2/c1-14-18(19(25)23-29(2,26)27)22-20(28-14)24(12-11-15-5-3-4-6-15)17-9-7-16(13-21)8-10-17/h7-10,15H,3-6,11-12H2,1-2H3,(H,23,25). The fourth-order valence-electron chi connectivity index (χ4n) is 3.59. The first kappa shape index (κ1) is 21.3. The molecule has 0 unspecified atom stereocenters. The van der Waals surface area contributed by atoms with E-state index in [2.05, 4.69) is 11.1 Å². The lowest BCUT2D eigenvalue weighted by Crippen LogP contribution is -2.30. The molecule has 2 aromatic rings. The van der Waals surface area contributed by atoms with Crippen LogP contribution < -0.4 is 9.62 Å². The third-order valence-corrected chi connectivity index (χ3v) is 6.60. The maximum atomic E-state index is 12.3. The monoisotopic (exact) mass is 432 g/mol. The Morgan fingerprint density at radius 1 is 1.31 bits per heavy atom. The van der Waals surface area contributed by atoms with Crippen molar-refractivity contribution in [2.75, 3.05) is 17.7 Å². The van der Waals surface area contributed by atoms with Crippen LogP contribution >= 0.6 is 11.3 Å². The molecule has 7 nitrogen and oxygen atoms in total. The van der Waals surface area contributed by atoms with E-state index in [1.165, 1.54) is 37.0 Å². The summed E-state index contributed by atoms with van der Waals surface area (Å²) in [6.07, 6.45) is 6.98. The van der Waals surface area contributed by atoms with Crippen LogP contribution in [0.5, 0.6) is 0 Å². The molecule has 0 bridgehead atoms. The number of aryl methyl sites for hydroxylation is 1. The zero-order valence-electron chi connectivity index (χ0n) is 16.5. The average molecular weight is 433 g/mol. The van der Waals surface area contributed by atoms with Gasteiger partial charge in [0.05, 0.1) is 17.9 Å². The predicted molar refractivity (Wildman–Crippen MR) is 114 cm³/mol. The highest BCUT2D eigenvalue weighted by atomic mass is 32.2. The molecule has 1 aromatic heterocycles. The van der Waals surface area contributed by atoms with E-state index >= 15 is 0 Å². The van der Waals surface area contributed by atoms with Gasteiger partial charge in [-0.1, -0.05) is 25.7 Å². The Bertz CT molecular complexity index is 1020. The molecular formula is C20H24N4O3S2. The van der Waals surface area contributed by atoms with Crippen molar-refractivity contribution in [3.05, 3.63) is 40.4 Å². The first-order chi connectivity index (χ1) is 13.8. The number of sulfonamides is 1. The zero-order valence-corrected chi connectivity index (χ0v) is 18.1. The molecule has 0 spiro atoms. The van der Waals surface area contributed by atoms with Crippen LogP contribution in [-0.2, 0) is 10.0 Å². The summed E-state index contributed by atoms with van der Waals surface area (Å²) in [5.41, 5.74) is 1.59. The highest BCUT2D eigenvalue weighted by Crippen LogP contribution is 2.34. The van der Waals surface area contributed by atoms with E-state index in [1.807, 2.05) is 21.8 Å². The second-order valence-corrected chi connectivity index (χ2v) is 10.3. The molecule has 1 fully saturated rings. The molecule has 0 atom stereocenters. The molecular weight excluding hydrogens is 408 g/mol. The molecule has 1 amide bonds. The maximum Gasteiger partial charge on any atom is 0.284 e. The van der Waals surface area contributed by atoms with E-state index in [0.29, 0.717) is 21.5 Å². The lowest BCUT2D eigenvalue weighted by atomic mass is 10.0. The molecule has 1 heterocycles. The predicted octanol–water partition coefficient (Wildman–Crippen LogP) is 3.73. The normalized spacial score (nSPS) is 14.5. The Balaban J connectivity index is 1.89. The van der Waals surface area contributed by atoms with Gasteiger partial charge in [-0.15, -0.1) is 11.3 Å². The molecule has 29 heavy (non-hydrogen) atoms. The zero-order chi connectivity index (χ0) is 21.0. The number of carbonyl (C=O) groups is 1. The number of hydrogen-bond acceptors (Lipinski definition) is 7. The van der Waals surface area contributed by atoms with Gasteiger partial charge in [-0.05, 0) is 43.5 Å². The smallest absolute Gasteiger partial charge is 0.284 e. The molecule has 9 heteroatoms. The van der Waals surface area contributed by atoms with Gasteiger partial charge >= 0.3 is 0 Å². The number of carbonyl (C=O) groups excluding carboxylic acids is 1. The lowest BCUT2D eigenvalue weighted by molar-refractivity contribution is 0.0977. The summed E-state index contributed by atoms with van der Waals surface area (Å²) in [7, 11) is -3.66. The molecule has 3 rings (SSSR count). The summed E-state index contributed by atoms with van der Waals surface area (Å²) in [5, 5.41) is 9.70. The second-order valence-electron chi connectivity index (χ2n) is 7.35. The minimum Gasteiger partial charge on any atom is -0.318 e. The Kier molecular flexibility index (Phi) is 6.55. The van der Waals surface area contributed by atoms with Crippen LogP contribution in [0.4, 0.5) is 10.8 Å². The van der Waals surface area contributed by atoms with Crippen LogP contribution in [0.15, 0.2) is 24.3 Å². The number of benzene rings is 1. The number of aromatic nitrogens is 1. The number of nitriles is 1. The molecule has 0 radical (unpaired) electrons. The van der Waals surface area contributed by atoms with Crippen LogP contribution in [-0.4, -0.2) is 32.1 Å². The summed E-state index contributed by atoms with van der Waals surface area (Å²) in [5.74, 6) is -0.0342. The third kappa shape index (κ3) is 5.55. The van der Waals surface area contributed by atoms with E-state index in [-0.39, 0.29) is 5.69 Å². The van der Waals surface area contributed by atoms with Crippen LogP contribution in [0.2, 0.25) is 0 Å². The van der Waals surface area contributed by atoms with E-state index in [1.54, 1.807) is 19.1 Å². The number of anilines is 2. The molecule has 1 aromatic carbocycles.